The minimum atomic E-state index is 0.0814. The zero-order chi connectivity index (χ0) is 12.6. The zero-order valence-electron chi connectivity index (χ0n) is 10.6. The highest BCUT2D eigenvalue weighted by Gasteiger charge is 2.37. The third-order valence-corrected chi connectivity index (χ3v) is 5.53. The molecule has 2 aromatic rings. The number of rotatable bonds is 2. The van der Waals surface area contributed by atoms with Gasteiger partial charge in [-0.3, -0.25) is 4.98 Å². The molecule has 0 amide bonds. The topological polar surface area (TPSA) is 38.9 Å². The molecule has 2 heterocycles. The molecule has 2 atom stereocenters. The Hall–Kier alpha value is -1.06. The maximum atomic E-state index is 6.55. The van der Waals surface area contributed by atoms with Crippen molar-refractivity contribution in [2.45, 2.75) is 30.6 Å². The largest absolute Gasteiger partial charge is 0.323 e. The Morgan fingerprint density at radius 3 is 3.00 bits per heavy atom. The van der Waals surface area contributed by atoms with E-state index in [4.69, 9.17) is 5.73 Å². The summed E-state index contributed by atoms with van der Waals surface area (Å²) in [5.74, 6) is 1.23. The number of thioether (sulfide) groups is 1. The minimum absolute atomic E-state index is 0.0814. The van der Waals surface area contributed by atoms with Crippen LogP contribution in [-0.2, 0) is 0 Å². The molecule has 0 bridgehead atoms. The van der Waals surface area contributed by atoms with Gasteiger partial charge in [0, 0.05) is 22.4 Å². The standard InChI is InChI=1S/C15H18N2S/c1-15(8-4-10-18-15)14(16)12-5-2-7-13-11(12)6-3-9-17-13/h2-3,5-7,9,14H,4,8,10,16H2,1H3. The van der Waals surface area contributed by atoms with E-state index in [1.54, 1.807) is 0 Å². The molecule has 18 heavy (non-hydrogen) atoms. The predicted molar refractivity (Wildman–Crippen MR) is 78.8 cm³/mol. The summed E-state index contributed by atoms with van der Waals surface area (Å²) in [6.45, 7) is 2.30. The lowest BCUT2D eigenvalue weighted by molar-refractivity contribution is 0.504. The summed E-state index contributed by atoms with van der Waals surface area (Å²) >= 11 is 2.01. The number of nitrogens with zero attached hydrogens (tertiary/aromatic N) is 1. The Morgan fingerprint density at radius 2 is 2.22 bits per heavy atom. The first-order valence-corrected chi connectivity index (χ1v) is 7.42. The van der Waals surface area contributed by atoms with Gasteiger partial charge in [0.15, 0.2) is 0 Å². The van der Waals surface area contributed by atoms with Crippen LogP contribution in [0, 0.1) is 0 Å². The van der Waals surface area contributed by atoms with Crippen molar-refractivity contribution in [1.29, 1.82) is 0 Å². The van der Waals surface area contributed by atoms with Crippen LogP contribution in [0.3, 0.4) is 0 Å². The first-order valence-electron chi connectivity index (χ1n) is 6.44. The van der Waals surface area contributed by atoms with Crippen LogP contribution < -0.4 is 5.73 Å². The lowest BCUT2D eigenvalue weighted by Crippen LogP contribution is -2.33. The number of pyridine rings is 1. The van der Waals surface area contributed by atoms with Crippen LogP contribution in [-0.4, -0.2) is 15.5 Å². The molecule has 1 aliphatic rings. The van der Waals surface area contributed by atoms with Crippen LogP contribution in [0.5, 0.6) is 0 Å². The normalized spacial score (nSPS) is 25.4. The number of aromatic nitrogens is 1. The van der Waals surface area contributed by atoms with Gasteiger partial charge in [-0.1, -0.05) is 18.2 Å². The lowest BCUT2D eigenvalue weighted by Gasteiger charge is -2.31. The van der Waals surface area contributed by atoms with E-state index in [2.05, 4.69) is 36.2 Å². The van der Waals surface area contributed by atoms with Crippen molar-refractivity contribution < 1.29 is 0 Å². The molecular weight excluding hydrogens is 240 g/mol. The van der Waals surface area contributed by atoms with Gasteiger partial charge in [-0.05, 0) is 43.2 Å². The van der Waals surface area contributed by atoms with Crippen molar-refractivity contribution in [2.24, 2.45) is 5.73 Å². The molecule has 2 N–H and O–H groups in total. The van der Waals surface area contributed by atoms with Gasteiger partial charge in [0.2, 0.25) is 0 Å². The third kappa shape index (κ3) is 1.91. The Labute approximate surface area is 112 Å². The molecule has 0 aliphatic carbocycles. The second kappa shape index (κ2) is 4.56. The summed E-state index contributed by atoms with van der Waals surface area (Å²) in [6.07, 6.45) is 4.32. The molecule has 2 unspecified atom stereocenters. The fraction of sp³-hybridized carbons (Fsp3) is 0.400. The van der Waals surface area contributed by atoms with Crippen LogP contribution in [0.1, 0.15) is 31.4 Å². The Bertz CT molecular complexity index is 556. The van der Waals surface area contributed by atoms with Crippen molar-refractivity contribution in [3.63, 3.8) is 0 Å². The van der Waals surface area contributed by atoms with E-state index in [1.807, 2.05) is 24.0 Å². The summed E-state index contributed by atoms with van der Waals surface area (Å²) in [7, 11) is 0. The van der Waals surface area contributed by atoms with Crippen LogP contribution >= 0.6 is 11.8 Å². The van der Waals surface area contributed by atoms with Gasteiger partial charge in [-0.25, -0.2) is 0 Å². The first kappa shape index (κ1) is 12.0. The number of benzene rings is 1. The zero-order valence-corrected chi connectivity index (χ0v) is 11.4. The van der Waals surface area contributed by atoms with E-state index in [0.717, 1.165) is 5.52 Å². The highest BCUT2D eigenvalue weighted by molar-refractivity contribution is 8.00. The van der Waals surface area contributed by atoms with E-state index in [0.29, 0.717) is 0 Å². The molecule has 1 fully saturated rings. The Kier molecular flexibility index (Phi) is 3.04. The molecule has 1 aromatic carbocycles. The van der Waals surface area contributed by atoms with Gasteiger partial charge >= 0.3 is 0 Å². The highest BCUT2D eigenvalue weighted by Crippen LogP contribution is 2.46. The van der Waals surface area contributed by atoms with Gasteiger partial charge in [0.05, 0.1) is 5.52 Å². The lowest BCUT2D eigenvalue weighted by atomic mass is 9.89. The van der Waals surface area contributed by atoms with Gasteiger partial charge in [-0.15, -0.1) is 0 Å². The number of hydrogen-bond donors (Lipinski definition) is 1. The van der Waals surface area contributed by atoms with E-state index in [9.17, 15) is 0 Å². The minimum Gasteiger partial charge on any atom is -0.323 e. The average Bonchev–Trinajstić information content (AvgIpc) is 2.85. The van der Waals surface area contributed by atoms with E-state index < -0.39 is 0 Å². The molecule has 0 spiro atoms. The second-order valence-electron chi connectivity index (χ2n) is 5.16. The molecule has 1 aromatic heterocycles. The van der Waals surface area contributed by atoms with Crippen molar-refractivity contribution in [1.82, 2.24) is 4.98 Å². The summed E-state index contributed by atoms with van der Waals surface area (Å²) < 4.78 is 0.171. The van der Waals surface area contributed by atoms with Gasteiger partial charge < -0.3 is 5.73 Å². The van der Waals surface area contributed by atoms with E-state index in [-0.39, 0.29) is 10.8 Å². The van der Waals surface area contributed by atoms with Gasteiger partial charge in [-0.2, -0.15) is 11.8 Å². The number of nitrogens with two attached hydrogens (primary N) is 1. The summed E-state index contributed by atoms with van der Waals surface area (Å²) in [4.78, 5) is 4.41. The molecular formula is C15H18N2S. The molecule has 0 radical (unpaired) electrons. The van der Waals surface area contributed by atoms with Gasteiger partial charge in [0.25, 0.3) is 0 Å². The molecule has 3 heteroatoms. The molecule has 94 valence electrons. The Morgan fingerprint density at radius 1 is 1.33 bits per heavy atom. The van der Waals surface area contributed by atoms with Crippen LogP contribution in [0.15, 0.2) is 36.5 Å². The molecule has 2 nitrogen and oxygen atoms in total. The fourth-order valence-corrected chi connectivity index (χ4v) is 4.12. The van der Waals surface area contributed by atoms with Crippen LogP contribution in [0.25, 0.3) is 10.9 Å². The van der Waals surface area contributed by atoms with Crippen molar-refractivity contribution >= 4 is 22.7 Å². The third-order valence-electron chi connectivity index (χ3n) is 3.92. The summed E-state index contributed by atoms with van der Waals surface area (Å²) in [5.41, 5.74) is 8.82. The monoisotopic (exact) mass is 258 g/mol. The quantitative estimate of drug-likeness (QED) is 0.895. The SMILES string of the molecule is CC1(C(N)c2cccc3ncccc23)CCCS1. The predicted octanol–water partition coefficient (Wildman–Crippen LogP) is 3.52. The molecule has 0 saturated carbocycles. The second-order valence-corrected chi connectivity index (χ2v) is 6.79. The maximum absolute atomic E-state index is 6.55. The van der Waals surface area contributed by atoms with Crippen molar-refractivity contribution in [2.75, 3.05) is 5.75 Å². The van der Waals surface area contributed by atoms with Crippen LogP contribution in [0.4, 0.5) is 0 Å². The number of fused-ring (bicyclic) bond motifs is 1. The molecule has 1 saturated heterocycles. The number of hydrogen-bond acceptors (Lipinski definition) is 3. The van der Waals surface area contributed by atoms with E-state index >= 15 is 0 Å². The fourth-order valence-electron chi connectivity index (χ4n) is 2.77. The first-order chi connectivity index (χ1) is 8.71. The van der Waals surface area contributed by atoms with Crippen molar-refractivity contribution in [3.05, 3.63) is 42.1 Å². The van der Waals surface area contributed by atoms with Gasteiger partial charge in [0.1, 0.15) is 0 Å². The highest BCUT2D eigenvalue weighted by atomic mass is 32.2. The van der Waals surface area contributed by atoms with Crippen LogP contribution in [0.2, 0.25) is 0 Å². The smallest absolute Gasteiger partial charge is 0.0705 e. The average molecular weight is 258 g/mol. The Balaban J connectivity index is 2.08. The molecule has 3 rings (SSSR count). The summed E-state index contributed by atoms with van der Waals surface area (Å²) in [6, 6.07) is 10.5. The van der Waals surface area contributed by atoms with E-state index in [1.165, 1.54) is 29.5 Å². The van der Waals surface area contributed by atoms with Crippen molar-refractivity contribution in [3.8, 4) is 0 Å². The maximum Gasteiger partial charge on any atom is 0.0705 e. The summed E-state index contributed by atoms with van der Waals surface area (Å²) in [5, 5.41) is 1.20. The molecule has 1 aliphatic heterocycles.